The Hall–Kier alpha value is -2.12. The molecule has 1 fully saturated rings. The first kappa shape index (κ1) is 17.9. The minimum Gasteiger partial charge on any atom is -0.378 e. The highest BCUT2D eigenvalue weighted by atomic mass is 32.2. The monoisotopic (exact) mass is 412 g/mol. The van der Waals surface area contributed by atoms with Crippen molar-refractivity contribution in [1.82, 2.24) is 15.1 Å². The first-order valence-electron chi connectivity index (χ1n) is 9.19. The van der Waals surface area contributed by atoms with Crippen molar-refractivity contribution in [3.8, 4) is 0 Å². The minimum atomic E-state index is 0.161. The molecule has 0 bridgehead atoms. The number of aromatic nitrogens is 2. The summed E-state index contributed by atoms with van der Waals surface area (Å²) in [6, 6.07) is 10.3. The van der Waals surface area contributed by atoms with E-state index in [0.29, 0.717) is 8.58 Å². The van der Waals surface area contributed by atoms with E-state index in [1.54, 1.807) is 6.20 Å². The van der Waals surface area contributed by atoms with Crippen LogP contribution in [0.15, 0.2) is 63.6 Å². The second-order valence-electron chi connectivity index (χ2n) is 6.69. The minimum absolute atomic E-state index is 0.161. The molecule has 2 aromatic rings. The van der Waals surface area contributed by atoms with Crippen molar-refractivity contribution in [3.63, 3.8) is 0 Å². The van der Waals surface area contributed by atoms with E-state index >= 15 is 0 Å². The molecule has 0 amide bonds. The molecule has 144 valence electrons. The van der Waals surface area contributed by atoms with E-state index in [1.165, 1.54) is 28.5 Å². The van der Waals surface area contributed by atoms with Crippen LogP contribution in [-0.4, -0.2) is 53.4 Å². The predicted octanol–water partition coefficient (Wildman–Crippen LogP) is 2.83. The first-order valence-corrected chi connectivity index (χ1v) is 11.1. The number of nitrogens with one attached hydrogen (secondary N) is 1. The van der Waals surface area contributed by atoms with Crippen LogP contribution >= 0.6 is 20.5 Å². The molecule has 0 aliphatic carbocycles. The van der Waals surface area contributed by atoms with Gasteiger partial charge in [-0.05, 0) is 43.8 Å². The van der Waals surface area contributed by atoms with Gasteiger partial charge >= 0.3 is 0 Å². The van der Waals surface area contributed by atoms with Gasteiger partial charge in [0.25, 0.3) is 0 Å². The number of rotatable bonds is 4. The summed E-state index contributed by atoms with van der Waals surface area (Å²) in [5, 5.41) is 19.9. The number of allylic oxidation sites excluding steroid dienone is 2. The second-order valence-corrected chi connectivity index (χ2v) is 8.71. The molecule has 3 aliphatic rings. The number of nitrogens with two attached hydrogens (primary N) is 1. The van der Waals surface area contributed by atoms with Gasteiger partial charge in [-0.3, -0.25) is 10.2 Å². The summed E-state index contributed by atoms with van der Waals surface area (Å²) in [7, 11) is 0.593. The van der Waals surface area contributed by atoms with E-state index in [2.05, 4.69) is 39.4 Å². The molecular weight excluding hydrogens is 391 g/mol. The number of hydrazone groups is 1. The molecule has 0 spiro atoms. The molecule has 2 unspecified atom stereocenters. The Bertz CT molecular complexity index is 951. The molecular formula is C19H21N6OPS. The fourth-order valence-corrected chi connectivity index (χ4v) is 5.83. The van der Waals surface area contributed by atoms with Gasteiger partial charge in [0.15, 0.2) is 0 Å². The van der Waals surface area contributed by atoms with Crippen molar-refractivity contribution in [1.29, 1.82) is 0 Å². The predicted molar refractivity (Wildman–Crippen MR) is 116 cm³/mol. The van der Waals surface area contributed by atoms with E-state index in [1.807, 2.05) is 23.4 Å². The number of H-pyrrole nitrogens is 1. The molecule has 3 aliphatic heterocycles. The SMILES string of the molecule is NSc1ccccc1C1=C2C=NN(c3ccn[nH]3)C2PC(N2CCOCC2)=C1. The van der Waals surface area contributed by atoms with Crippen LogP contribution in [0.4, 0.5) is 5.82 Å². The van der Waals surface area contributed by atoms with Crippen LogP contribution in [0.3, 0.4) is 0 Å². The topological polar surface area (TPSA) is 82.8 Å². The molecule has 0 radical (unpaired) electrons. The molecule has 3 N–H and O–H groups in total. The maximum atomic E-state index is 5.97. The lowest BCUT2D eigenvalue weighted by Crippen LogP contribution is -2.36. The van der Waals surface area contributed by atoms with Crippen molar-refractivity contribution in [2.75, 3.05) is 31.3 Å². The van der Waals surface area contributed by atoms with Crippen LogP contribution < -0.4 is 10.1 Å². The number of benzene rings is 1. The number of nitrogens with zero attached hydrogens (tertiary/aromatic N) is 4. The molecule has 5 rings (SSSR count). The smallest absolute Gasteiger partial charge is 0.145 e. The number of hydrogen-bond donors (Lipinski definition) is 2. The van der Waals surface area contributed by atoms with Crippen LogP contribution in [0, 0.1) is 0 Å². The molecule has 7 nitrogen and oxygen atoms in total. The van der Waals surface area contributed by atoms with E-state index in [-0.39, 0.29) is 5.78 Å². The molecule has 9 heteroatoms. The van der Waals surface area contributed by atoms with Crippen molar-refractivity contribution >= 4 is 38.1 Å². The number of anilines is 1. The third-order valence-electron chi connectivity index (χ3n) is 5.13. The fourth-order valence-electron chi connectivity index (χ4n) is 3.74. The van der Waals surface area contributed by atoms with Gasteiger partial charge in [0, 0.05) is 35.1 Å². The highest BCUT2D eigenvalue weighted by Crippen LogP contribution is 2.49. The van der Waals surface area contributed by atoms with Crippen LogP contribution in [-0.2, 0) is 4.74 Å². The van der Waals surface area contributed by atoms with Crippen LogP contribution in [0.5, 0.6) is 0 Å². The Morgan fingerprint density at radius 3 is 2.86 bits per heavy atom. The third-order valence-corrected chi connectivity index (χ3v) is 7.32. The molecule has 1 saturated heterocycles. The standard InChI is InChI=1S/C19H21N6OPS/c20-28-16-4-2-1-3-13(16)14-11-18(24-7-9-26-10-8-24)27-19-15(14)12-22-25(19)17-5-6-21-23-17/h1-6,11-12,19,27H,7-10,20H2,(H,21,23). The van der Waals surface area contributed by atoms with E-state index < -0.39 is 0 Å². The zero-order chi connectivity index (χ0) is 18.9. The Labute approximate surface area is 169 Å². The Balaban J connectivity index is 1.61. The lowest BCUT2D eigenvalue weighted by molar-refractivity contribution is 0.0574. The Kier molecular flexibility index (Phi) is 4.94. The largest absolute Gasteiger partial charge is 0.378 e. The normalized spacial score (nSPS) is 22.8. The van der Waals surface area contributed by atoms with Gasteiger partial charge in [0.2, 0.25) is 0 Å². The van der Waals surface area contributed by atoms with Gasteiger partial charge in [0.1, 0.15) is 11.6 Å². The zero-order valence-electron chi connectivity index (χ0n) is 15.2. The number of ether oxygens (including phenoxy) is 1. The van der Waals surface area contributed by atoms with Crippen LogP contribution in [0.1, 0.15) is 5.56 Å². The average Bonchev–Trinajstić information content (AvgIpc) is 3.43. The molecule has 1 aromatic heterocycles. The van der Waals surface area contributed by atoms with Gasteiger partial charge in [-0.15, -0.1) is 0 Å². The van der Waals surface area contributed by atoms with Gasteiger partial charge in [-0.25, -0.2) is 5.01 Å². The van der Waals surface area contributed by atoms with E-state index in [0.717, 1.165) is 42.6 Å². The van der Waals surface area contributed by atoms with Crippen molar-refractivity contribution in [2.24, 2.45) is 10.2 Å². The zero-order valence-corrected chi connectivity index (χ0v) is 17.0. The lowest BCUT2D eigenvalue weighted by atomic mass is 9.99. The summed E-state index contributed by atoms with van der Waals surface area (Å²) in [4.78, 5) is 3.51. The number of morpholine rings is 1. The lowest BCUT2D eigenvalue weighted by Gasteiger charge is -2.36. The van der Waals surface area contributed by atoms with Crippen molar-refractivity contribution in [2.45, 2.75) is 10.7 Å². The number of hydrogen-bond acceptors (Lipinski definition) is 7. The molecule has 4 heterocycles. The van der Waals surface area contributed by atoms with E-state index in [9.17, 15) is 0 Å². The molecule has 1 aromatic carbocycles. The first-order chi connectivity index (χ1) is 13.8. The Morgan fingerprint density at radius 1 is 1.21 bits per heavy atom. The number of fused-ring (bicyclic) bond motifs is 1. The highest BCUT2D eigenvalue weighted by molar-refractivity contribution is 7.97. The maximum Gasteiger partial charge on any atom is 0.145 e. The quantitative estimate of drug-likeness (QED) is 0.594. The molecule has 2 atom stereocenters. The van der Waals surface area contributed by atoms with Gasteiger partial charge in [-0.1, -0.05) is 18.2 Å². The summed E-state index contributed by atoms with van der Waals surface area (Å²) in [5.74, 6) is 1.07. The highest BCUT2D eigenvalue weighted by Gasteiger charge is 2.35. The third kappa shape index (κ3) is 3.16. The summed E-state index contributed by atoms with van der Waals surface area (Å²) < 4.78 is 5.56. The molecule has 0 saturated carbocycles. The average molecular weight is 412 g/mol. The fraction of sp³-hybridized carbons (Fsp3) is 0.263. The van der Waals surface area contributed by atoms with Crippen LogP contribution in [0.2, 0.25) is 0 Å². The van der Waals surface area contributed by atoms with Gasteiger partial charge in [-0.2, -0.15) is 10.2 Å². The van der Waals surface area contributed by atoms with Gasteiger partial charge in [0.05, 0.1) is 25.6 Å². The second kappa shape index (κ2) is 7.72. The van der Waals surface area contributed by atoms with Crippen molar-refractivity contribution in [3.05, 3.63) is 59.2 Å². The summed E-state index contributed by atoms with van der Waals surface area (Å²) in [6.07, 6.45) is 6.07. The Morgan fingerprint density at radius 2 is 2.07 bits per heavy atom. The maximum absolute atomic E-state index is 5.97. The summed E-state index contributed by atoms with van der Waals surface area (Å²) in [5.41, 5.74) is 4.93. The summed E-state index contributed by atoms with van der Waals surface area (Å²) in [6.45, 7) is 3.39. The van der Waals surface area contributed by atoms with Crippen LogP contribution in [0.25, 0.3) is 5.57 Å². The van der Waals surface area contributed by atoms with E-state index in [4.69, 9.17) is 15.0 Å². The number of aromatic amines is 1. The summed E-state index contributed by atoms with van der Waals surface area (Å²) >= 11 is 1.29. The van der Waals surface area contributed by atoms with Gasteiger partial charge < -0.3 is 9.64 Å². The van der Waals surface area contributed by atoms with Crippen molar-refractivity contribution < 1.29 is 4.74 Å². The molecule has 28 heavy (non-hydrogen) atoms.